The first-order valence-electron chi connectivity index (χ1n) is 9.09. The van der Waals surface area contributed by atoms with Gasteiger partial charge in [0.1, 0.15) is 11.3 Å². The summed E-state index contributed by atoms with van der Waals surface area (Å²) in [6, 6.07) is 4.21. The number of amides is 1. The van der Waals surface area contributed by atoms with E-state index in [-0.39, 0.29) is 29.7 Å². The number of likely N-dealkylation sites (N-methyl/N-ethyl adjacent to an activating group) is 1. The number of ether oxygens (including phenoxy) is 1. The van der Waals surface area contributed by atoms with Crippen molar-refractivity contribution in [2.45, 2.75) is 38.8 Å². The third-order valence-electron chi connectivity index (χ3n) is 4.90. The van der Waals surface area contributed by atoms with Gasteiger partial charge in [-0.15, -0.1) is 0 Å². The number of furan rings is 1. The van der Waals surface area contributed by atoms with Crippen LogP contribution in [-0.2, 0) is 30.6 Å². The lowest BCUT2D eigenvalue weighted by Crippen LogP contribution is -2.46. The van der Waals surface area contributed by atoms with Crippen LogP contribution in [0.4, 0.5) is 0 Å². The molecule has 1 saturated heterocycles. The molecule has 0 unspecified atom stereocenters. The van der Waals surface area contributed by atoms with E-state index in [2.05, 4.69) is 0 Å². The van der Waals surface area contributed by atoms with Crippen molar-refractivity contribution in [2.24, 2.45) is 0 Å². The highest BCUT2D eigenvalue weighted by Gasteiger charge is 2.36. The minimum absolute atomic E-state index is 0.0545. The Bertz CT molecular complexity index is 995. The number of benzene rings is 1. The van der Waals surface area contributed by atoms with Gasteiger partial charge in [0, 0.05) is 29.6 Å². The van der Waals surface area contributed by atoms with Gasteiger partial charge in [0.05, 0.1) is 24.2 Å². The second-order valence-electron chi connectivity index (χ2n) is 6.93. The summed E-state index contributed by atoms with van der Waals surface area (Å²) in [4.78, 5) is 26.4. The molecule has 1 aromatic carbocycles. The normalized spacial score (nSPS) is 19.4. The highest BCUT2D eigenvalue weighted by molar-refractivity contribution is 7.91. The number of fused-ring (bicyclic) bond motifs is 1. The standard InChI is InChI=1S/C19H23NO7S/c1-3-20(14-6-7-28(24,25)11-14)19(23)12(2)27-18(22)8-13-10-26-17-9-15(21)4-5-16(13)17/h4-5,9-10,12,14,21H,3,6-8,11H2,1-2H3/t12-,14-/m1/s1. The molecule has 0 spiro atoms. The lowest BCUT2D eigenvalue weighted by molar-refractivity contribution is -0.159. The molecule has 1 aromatic heterocycles. The lowest BCUT2D eigenvalue weighted by Gasteiger charge is -2.29. The summed E-state index contributed by atoms with van der Waals surface area (Å²) >= 11 is 0. The summed E-state index contributed by atoms with van der Waals surface area (Å²) in [6.07, 6.45) is 0.716. The summed E-state index contributed by atoms with van der Waals surface area (Å²) in [5.41, 5.74) is 1.04. The summed E-state index contributed by atoms with van der Waals surface area (Å²) in [7, 11) is -3.12. The number of carbonyl (C=O) groups excluding carboxylic acids is 2. The summed E-state index contributed by atoms with van der Waals surface area (Å²) in [6.45, 7) is 3.60. The van der Waals surface area contributed by atoms with Crippen molar-refractivity contribution in [2.75, 3.05) is 18.1 Å². The predicted molar refractivity (Wildman–Crippen MR) is 102 cm³/mol. The van der Waals surface area contributed by atoms with Gasteiger partial charge in [-0.3, -0.25) is 9.59 Å². The molecule has 2 atom stereocenters. The topological polar surface area (TPSA) is 114 Å². The Morgan fingerprint density at radius 1 is 1.39 bits per heavy atom. The minimum Gasteiger partial charge on any atom is -0.508 e. The zero-order valence-corrected chi connectivity index (χ0v) is 16.6. The number of hydrogen-bond acceptors (Lipinski definition) is 7. The highest BCUT2D eigenvalue weighted by atomic mass is 32.2. The zero-order chi connectivity index (χ0) is 20.5. The van der Waals surface area contributed by atoms with Crippen molar-refractivity contribution in [1.29, 1.82) is 0 Å². The van der Waals surface area contributed by atoms with Gasteiger partial charge in [-0.2, -0.15) is 0 Å². The molecule has 0 saturated carbocycles. The molecule has 152 valence electrons. The van der Waals surface area contributed by atoms with Crippen LogP contribution in [-0.4, -0.2) is 60.5 Å². The average molecular weight is 409 g/mol. The van der Waals surface area contributed by atoms with E-state index >= 15 is 0 Å². The van der Waals surface area contributed by atoms with E-state index in [1.165, 1.54) is 30.2 Å². The van der Waals surface area contributed by atoms with Crippen LogP contribution < -0.4 is 0 Å². The molecular weight excluding hydrogens is 386 g/mol. The van der Waals surface area contributed by atoms with Crippen LogP contribution >= 0.6 is 0 Å². The van der Waals surface area contributed by atoms with Gasteiger partial charge in [0.15, 0.2) is 15.9 Å². The molecule has 1 aliphatic rings. The number of carbonyl (C=O) groups is 2. The van der Waals surface area contributed by atoms with Gasteiger partial charge in [0.2, 0.25) is 0 Å². The number of hydrogen-bond donors (Lipinski definition) is 1. The maximum atomic E-state index is 12.7. The van der Waals surface area contributed by atoms with Crippen LogP contribution in [0.2, 0.25) is 0 Å². The molecule has 28 heavy (non-hydrogen) atoms. The predicted octanol–water partition coefficient (Wildman–Crippen LogP) is 1.65. The van der Waals surface area contributed by atoms with Crippen molar-refractivity contribution in [3.63, 3.8) is 0 Å². The SMILES string of the molecule is CCN(C(=O)[C@@H](C)OC(=O)Cc1coc2cc(O)ccc12)[C@@H]1CCS(=O)(=O)C1. The van der Waals surface area contributed by atoms with E-state index in [1.54, 1.807) is 13.0 Å². The van der Waals surface area contributed by atoms with Gasteiger partial charge in [0.25, 0.3) is 5.91 Å². The Morgan fingerprint density at radius 2 is 2.14 bits per heavy atom. The first-order chi connectivity index (χ1) is 13.2. The average Bonchev–Trinajstić information content (AvgIpc) is 3.18. The number of phenolic OH excluding ortho intramolecular Hbond substituents is 1. The number of esters is 1. The fraction of sp³-hybridized carbons (Fsp3) is 0.474. The van der Waals surface area contributed by atoms with Crippen LogP contribution in [0.1, 0.15) is 25.8 Å². The van der Waals surface area contributed by atoms with Crippen molar-refractivity contribution in [1.82, 2.24) is 4.90 Å². The Kier molecular flexibility index (Phi) is 5.64. The Labute approximate surface area is 163 Å². The fourth-order valence-electron chi connectivity index (χ4n) is 3.50. The quantitative estimate of drug-likeness (QED) is 0.722. The zero-order valence-electron chi connectivity index (χ0n) is 15.8. The molecule has 8 nitrogen and oxygen atoms in total. The molecule has 0 aliphatic carbocycles. The second kappa shape index (κ2) is 7.83. The molecule has 9 heteroatoms. The van der Waals surface area contributed by atoms with E-state index in [9.17, 15) is 23.1 Å². The van der Waals surface area contributed by atoms with E-state index in [1.807, 2.05) is 0 Å². The molecule has 3 rings (SSSR count). The first kappa shape index (κ1) is 20.2. The number of phenols is 1. The Balaban J connectivity index is 1.63. The van der Waals surface area contributed by atoms with Gasteiger partial charge in [-0.25, -0.2) is 8.42 Å². The first-order valence-corrected chi connectivity index (χ1v) is 10.9. The van der Waals surface area contributed by atoms with Gasteiger partial charge in [-0.1, -0.05) is 0 Å². The van der Waals surface area contributed by atoms with Crippen molar-refractivity contribution in [3.8, 4) is 5.75 Å². The molecule has 1 N–H and O–H groups in total. The molecule has 1 amide bonds. The monoisotopic (exact) mass is 409 g/mol. The summed E-state index contributed by atoms with van der Waals surface area (Å²) < 4.78 is 34.0. The lowest BCUT2D eigenvalue weighted by atomic mass is 10.1. The van der Waals surface area contributed by atoms with E-state index < -0.39 is 27.8 Å². The summed E-state index contributed by atoms with van der Waals surface area (Å²) in [5.74, 6) is -0.921. The van der Waals surface area contributed by atoms with Crippen LogP contribution in [0.5, 0.6) is 5.75 Å². The fourth-order valence-corrected chi connectivity index (χ4v) is 5.23. The Hall–Kier alpha value is -2.55. The van der Waals surface area contributed by atoms with E-state index in [0.29, 0.717) is 29.5 Å². The maximum absolute atomic E-state index is 12.7. The molecular formula is C19H23NO7S. The third-order valence-corrected chi connectivity index (χ3v) is 6.65. The number of nitrogens with zero attached hydrogens (tertiary/aromatic N) is 1. The largest absolute Gasteiger partial charge is 0.508 e. The minimum atomic E-state index is -3.12. The van der Waals surface area contributed by atoms with E-state index in [4.69, 9.17) is 9.15 Å². The smallest absolute Gasteiger partial charge is 0.311 e. The number of aromatic hydroxyl groups is 1. The van der Waals surface area contributed by atoms with Crippen molar-refractivity contribution in [3.05, 3.63) is 30.0 Å². The van der Waals surface area contributed by atoms with Crippen molar-refractivity contribution >= 4 is 32.7 Å². The number of rotatable bonds is 6. The van der Waals surface area contributed by atoms with E-state index in [0.717, 1.165) is 0 Å². The molecule has 1 fully saturated rings. The Morgan fingerprint density at radius 3 is 2.79 bits per heavy atom. The van der Waals surface area contributed by atoms with Gasteiger partial charge >= 0.3 is 5.97 Å². The second-order valence-corrected chi connectivity index (χ2v) is 9.16. The van der Waals surface area contributed by atoms with Crippen molar-refractivity contribution < 1.29 is 32.3 Å². The molecule has 1 aliphatic heterocycles. The maximum Gasteiger partial charge on any atom is 0.311 e. The molecule has 0 bridgehead atoms. The van der Waals surface area contributed by atoms with Crippen LogP contribution in [0.15, 0.2) is 28.9 Å². The van der Waals surface area contributed by atoms with Gasteiger partial charge < -0.3 is 19.2 Å². The third kappa shape index (κ3) is 4.30. The van der Waals surface area contributed by atoms with Crippen LogP contribution in [0.3, 0.4) is 0 Å². The molecule has 2 aromatic rings. The van der Waals surface area contributed by atoms with Gasteiger partial charge in [-0.05, 0) is 32.4 Å². The van der Waals surface area contributed by atoms with Crippen LogP contribution in [0, 0.1) is 0 Å². The van der Waals surface area contributed by atoms with Crippen LogP contribution in [0.25, 0.3) is 11.0 Å². The molecule has 0 radical (unpaired) electrons. The highest BCUT2D eigenvalue weighted by Crippen LogP contribution is 2.25. The molecule has 2 heterocycles. The summed E-state index contributed by atoms with van der Waals surface area (Å²) in [5, 5.41) is 10.1. The number of sulfone groups is 1.